The van der Waals surface area contributed by atoms with Crippen LogP contribution in [0.3, 0.4) is 0 Å². The predicted molar refractivity (Wildman–Crippen MR) is 35.8 cm³/mol. The van der Waals surface area contributed by atoms with Gasteiger partial charge in [-0.2, -0.15) is 0 Å². The average Bonchev–Trinajstić information content (AvgIpc) is 2.30. The van der Waals surface area contributed by atoms with Gasteiger partial charge in [-0.3, -0.25) is 0 Å². The lowest BCUT2D eigenvalue weighted by atomic mass is 10.1. The molecule has 1 saturated heterocycles. The second-order valence-electron chi connectivity index (χ2n) is 2.93. The molecule has 1 rings (SSSR count). The molecule has 2 unspecified atom stereocenters. The molecule has 84 valence electrons. The van der Waals surface area contributed by atoms with Crippen molar-refractivity contribution in [3.05, 3.63) is 0 Å². The Hall–Kier alpha value is 0.110. The molecule has 0 saturated carbocycles. The molecule has 4 N–H and O–H groups in total. The lowest BCUT2D eigenvalue weighted by Gasteiger charge is -2.47. The van der Waals surface area contributed by atoms with E-state index in [4.69, 9.17) is 20.4 Å². The molecule has 5 atom stereocenters. The summed E-state index contributed by atoms with van der Waals surface area (Å²) >= 11 is 0. The molecule has 0 radical (unpaired) electrons. The summed E-state index contributed by atoms with van der Waals surface area (Å²) in [6.07, 6.45) is -7.23. The summed E-state index contributed by atoms with van der Waals surface area (Å²) in [6, 6.07) is 0. The van der Waals surface area contributed by atoms with Crippen molar-refractivity contribution >= 4 is 7.94 Å². The van der Waals surface area contributed by atoms with Crippen LogP contribution in [0.15, 0.2) is 0 Å². The van der Waals surface area contributed by atoms with Crippen LogP contribution < -0.4 is 14.7 Å². The summed E-state index contributed by atoms with van der Waals surface area (Å²) in [4.78, 5) is 31.0. The Morgan fingerprint density at radius 3 is 1.86 bits per heavy atom. The number of aliphatic hydroxyl groups is 4. The number of rotatable bonds is 2. The summed E-state index contributed by atoms with van der Waals surface area (Å²) in [5.41, 5.74) is 0. The van der Waals surface area contributed by atoms with Crippen molar-refractivity contribution in [2.24, 2.45) is 0 Å². The largest absolute Gasteiger partial charge is 0.686 e. The first-order valence-electron chi connectivity index (χ1n) is 3.64. The van der Waals surface area contributed by atoms with Crippen LogP contribution in [0.25, 0.3) is 0 Å². The number of aliphatic hydroxyl groups excluding tert-OH is 4. The molecule has 0 amide bonds. The van der Waals surface area contributed by atoms with Crippen LogP contribution in [0.2, 0.25) is 0 Å². The highest BCUT2D eigenvalue weighted by Crippen LogP contribution is 2.40. The van der Waals surface area contributed by atoms with Crippen LogP contribution in [-0.2, 0) is 4.74 Å². The minimum absolute atomic E-state index is 1.75. The van der Waals surface area contributed by atoms with E-state index in [1.165, 1.54) is 0 Å². The number of ether oxygens (including phenoxy) is 1. The summed E-state index contributed by atoms with van der Waals surface area (Å²) in [6.45, 7) is 0. The Balaban J connectivity index is 2.71. The van der Waals surface area contributed by atoms with E-state index >= 15 is 0 Å². The van der Waals surface area contributed by atoms with E-state index < -0.39 is 38.4 Å². The van der Waals surface area contributed by atoms with Crippen LogP contribution in [0.5, 0.6) is 0 Å². The van der Waals surface area contributed by atoms with E-state index in [9.17, 15) is 14.7 Å². The maximum atomic E-state index is 10.3. The lowest BCUT2D eigenvalue weighted by Crippen LogP contribution is -2.50. The zero-order valence-electron chi connectivity index (χ0n) is 6.76. The Morgan fingerprint density at radius 2 is 1.57 bits per heavy atom. The maximum absolute atomic E-state index is 10.3. The van der Waals surface area contributed by atoms with Gasteiger partial charge in [-0.15, -0.1) is 7.94 Å². The number of hydrogen-bond donors (Lipinski definition) is 4. The van der Waals surface area contributed by atoms with Crippen LogP contribution in [0.4, 0.5) is 0 Å². The zero-order valence-corrected chi connectivity index (χ0v) is 7.65. The minimum Gasteiger partial charge on any atom is -0.686 e. The highest BCUT2D eigenvalue weighted by atomic mass is 31.2. The Kier molecular flexibility index (Phi) is 3.42. The first kappa shape index (κ1) is 12.2. The maximum Gasteiger partial charge on any atom is 0.184 e. The monoisotopic (exact) mass is 228 g/mol. The smallest absolute Gasteiger partial charge is 0.184 e. The van der Waals surface area contributed by atoms with Crippen LogP contribution in [-0.4, -0.2) is 50.9 Å². The second kappa shape index (κ2) is 3.93. The highest BCUT2D eigenvalue weighted by Gasteiger charge is 2.47. The summed E-state index contributed by atoms with van der Waals surface area (Å²) in [7, 11) is -5.35. The van der Waals surface area contributed by atoms with Crippen molar-refractivity contribution < 1.29 is 39.8 Å². The molecular weight excluding hydrogens is 219 g/mol. The number of hydrogen-bond acceptors (Lipinski definition) is 8. The minimum atomic E-state index is -5.35. The molecular formula is C5H9O8P-2. The van der Waals surface area contributed by atoms with E-state index in [0.717, 1.165) is 0 Å². The second-order valence-corrected chi connectivity index (χ2v) is 4.53. The van der Waals surface area contributed by atoms with Crippen molar-refractivity contribution in [1.82, 2.24) is 0 Å². The molecule has 0 bridgehead atoms. The third kappa shape index (κ3) is 2.19. The molecule has 1 fully saturated rings. The van der Waals surface area contributed by atoms with Gasteiger partial charge >= 0.3 is 0 Å². The lowest BCUT2D eigenvalue weighted by molar-refractivity contribution is -0.438. The molecule has 0 aromatic rings. The predicted octanol–water partition coefficient (Wildman–Crippen LogP) is -5.41. The molecule has 1 aliphatic heterocycles. The summed E-state index contributed by atoms with van der Waals surface area (Å²) in [5.74, 6) is -2.50. The van der Waals surface area contributed by atoms with Crippen LogP contribution in [0, 0.1) is 0 Å². The van der Waals surface area contributed by atoms with Crippen molar-refractivity contribution in [1.29, 1.82) is 0 Å². The highest BCUT2D eigenvalue weighted by molar-refractivity contribution is 7.54. The van der Waals surface area contributed by atoms with Crippen molar-refractivity contribution in [2.45, 2.75) is 30.4 Å². The van der Waals surface area contributed by atoms with Crippen molar-refractivity contribution in [3.8, 4) is 0 Å². The molecule has 0 spiro atoms. The Morgan fingerprint density at radius 1 is 1.07 bits per heavy atom. The van der Waals surface area contributed by atoms with Gasteiger partial charge in [-0.25, -0.2) is 0 Å². The molecule has 0 aromatic heterocycles. The molecule has 1 aliphatic rings. The summed E-state index contributed by atoms with van der Waals surface area (Å²) < 4.78 is 4.31. The standard InChI is InChI=1S/C5H11O8P/c6-1-2(7)4(8)13-3(1)5(9)14(10,11)12/h1-9H,(H2,10,11,12)/p-2/t1-,2-,3-,4?,5?/m0/s1. The van der Waals surface area contributed by atoms with Gasteiger partial charge in [0, 0.05) is 0 Å². The van der Waals surface area contributed by atoms with Gasteiger partial charge < -0.3 is 39.8 Å². The normalized spacial score (nSPS) is 41.4. The fraction of sp³-hybridized carbons (Fsp3) is 1.00. The van der Waals surface area contributed by atoms with E-state index in [-0.39, 0.29) is 0 Å². The molecule has 9 heteroatoms. The third-order valence-corrected chi connectivity index (χ3v) is 2.83. The quantitative estimate of drug-likeness (QED) is 0.340. The first-order chi connectivity index (χ1) is 6.25. The topological polar surface area (TPSA) is 159 Å². The molecule has 8 nitrogen and oxygen atoms in total. The van der Waals surface area contributed by atoms with Gasteiger partial charge in [0.2, 0.25) is 0 Å². The fourth-order valence-electron chi connectivity index (χ4n) is 1.11. The fourth-order valence-corrected chi connectivity index (χ4v) is 1.72. The Labute approximate surface area is 79.2 Å². The van der Waals surface area contributed by atoms with E-state index in [2.05, 4.69) is 4.74 Å². The van der Waals surface area contributed by atoms with Gasteiger partial charge in [0.25, 0.3) is 0 Å². The molecule has 0 aromatic carbocycles. The van der Waals surface area contributed by atoms with Gasteiger partial charge in [0.1, 0.15) is 18.3 Å². The van der Waals surface area contributed by atoms with Gasteiger partial charge in [-0.1, -0.05) is 0 Å². The first-order valence-corrected chi connectivity index (χ1v) is 5.26. The molecule has 14 heavy (non-hydrogen) atoms. The van der Waals surface area contributed by atoms with E-state index in [1.54, 1.807) is 0 Å². The van der Waals surface area contributed by atoms with E-state index in [0.29, 0.717) is 0 Å². The average molecular weight is 228 g/mol. The molecule has 1 heterocycles. The van der Waals surface area contributed by atoms with E-state index in [1.807, 2.05) is 0 Å². The SMILES string of the molecule is [O-][P+]([O-])([O-])C(O)[C@H]1OC(O)[C@@H](O)[C@@H]1O. The third-order valence-electron chi connectivity index (χ3n) is 1.89. The van der Waals surface area contributed by atoms with Crippen molar-refractivity contribution in [2.75, 3.05) is 0 Å². The summed E-state index contributed by atoms with van der Waals surface area (Å²) in [5, 5.41) is 35.7. The Bertz CT molecular complexity index is 204. The van der Waals surface area contributed by atoms with Crippen LogP contribution >= 0.6 is 7.94 Å². The van der Waals surface area contributed by atoms with Gasteiger partial charge in [0.05, 0.1) is 0 Å². The van der Waals surface area contributed by atoms with Gasteiger partial charge in [-0.05, 0) is 0 Å². The molecule has 0 aliphatic carbocycles. The van der Waals surface area contributed by atoms with Gasteiger partial charge in [0.15, 0.2) is 12.1 Å². The van der Waals surface area contributed by atoms with Crippen molar-refractivity contribution in [3.63, 3.8) is 0 Å². The van der Waals surface area contributed by atoms with Crippen LogP contribution in [0.1, 0.15) is 0 Å². The zero-order chi connectivity index (χ0) is 11.1.